The molecule has 0 aromatic heterocycles. The Morgan fingerprint density at radius 2 is 1.94 bits per heavy atom. The molecule has 0 saturated heterocycles. The number of esters is 1. The van der Waals surface area contributed by atoms with Crippen molar-refractivity contribution in [3.05, 3.63) is 53.1 Å². The van der Waals surface area contributed by atoms with Crippen molar-refractivity contribution in [2.24, 2.45) is 0 Å². The fourth-order valence-electron chi connectivity index (χ4n) is 1.70. The van der Waals surface area contributed by atoms with Gasteiger partial charge in [-0.2, -0.15) is 0 Å². The van der Waals surface area contributed by atoms with Crippen LogP contribution in [0.2, 0.25) is 0 Å². The van der Waals surface area contributed by atoms with E-state index >= 15 is 0 Å². The molecule has 0 fully saturated rings. The molecule has 0 saturated carbocycles. The number of carbonyl (C=O) groups excluding carboxylic acids is 1. The molecule has 92 valence electrons. The minimum absolute atomic E-state index is 0.0899. The quantitative estimate of drug-likeness (QED) is 0.616. The monoisotopic (exact) mass is 260 g/mol. The summed E-state index contributed by atoms with van der Waals surface area (Å²) >= 11 is 5.88. The topological polar surface area (TPSA) is 26.3 Å². The minimum Gasteiger partial charge on any atom is -0.462 e. The van der Waals surface area contributed by atoms with Gasteiger partial charge in [0.1, 0.15) is 5.03 Å². The zero-order valence-electron chi connectivity index (χ0n) is 10.0. The first-order chi connectivity index (χ1) is 8.70. The summed E-state index contributed by atoms with van der Waals surface area (Å²) in [4.78, 5) is 11.4. The Bertz CT molecular complexity index is 602. The molecule has 0 aliphatic heterocycles. The summed E-state index contributed by atoms with van der Waals surface area (Å²) in [5.74, 6) is -0.493. The number of rotatable bonds is 3. The number of ether oxygens (including phenoxy) is 1. The van der Waals surface area contributed by atoms with Crippen LogP contribution in [0, 0.1) is 0 Å². The third-order valence-corrected chi connectivity index (χ3v) is 2.80. The van der Waals surface area contributed by atoms with Gasteiger partial charge in [-0.1, -0.05) is 48.0 Å². The highest BCUT2D eigenvalue weighted by molar-refractivity contribution is 6.43. The molecule has 18 heavy (non-hydrogen) atoms. The van der Waals surface area contributed by atoms with Gasteiger partial charge in [0, 0.05) is 0 Å². The Hall–Kier alpha value is -1.80. The van der Waals surface area contributed by atoms with E-state index in [0.717, 1.165) is 16.3 Å². The third-order valence-electron chi connectivity index (χ3n) is 2.54. The van der Waals surface area contributed by atoms with Crippen LogP contribution in [0.4, 0.5) is 0 Å². The van der Waals surface area contributed by atoms with Gasteiger partial charge >= 0.3 is 5.97 Å². The summed E-state index contributed by atoms with van der Waals surface area (Å²) in [6.07, 6.45) is 1.62. The highest BCUT2D eigenvalue weighted by atomic mass is 35.5. The summed E-state index contributed by atoms with van der Waals surface area (Å²) in [5, 5.41) is 2.36. The molecule has 0 radical (unpaired) electrons. The van der Waals surface area contributed by atoms with E-state index in [1.165, 1.54) is 0 Å². The molecule has 0 aliphatic carbocycles. The van der Waals surface area contributed by atoms with Gasteiger partial charge in [0.25, 0.3) is 0 Å². The molecule has 2 nitrogen and oxygen atoms in total. The lowest BCUT2D eigenvalue weighted by atomic mass is 10.1. The molecule has 2 rings (SSSR count). The van der Waals surface area contributed by atoms with Crippen molar-refractivity contribution in [1.29, 1.82) is 0 Å². The van der Waals surface area contributed by atoms with E-state index < -0.39 is 5.97 Å². The van der Waals surface area contributed by atoms with Crippen LogP contribution in [-0.4, -0.2) is 12.6 Å². The number of benzene rings is 2. The predicted molar refractivity (Wildman–Crippen MR) is 74.4 cm³/mol. The maximum absolute atomic E-state index is 11.4. The van der Waals surface area contributed by atoms with Crippen molar-refractivity contribution in [3.63, 3.8) is 0 Å². The number of halogens is 1. The summed E-state index contributed by atoms with van der Waals surface area (Å²) in [6.45, 7) is 2.07. The Balaban J connectivity index is 2.31. The Morgan fingerprint density at radius 3 is 2.67 bits per heavy atom. The van der Waals surface area contributed by atoms with Gasteiger partial charge in [0.15, 0.2) is 0 Å². The standard InChI is InChI=1S/C15H13ClO2/c1-2-18-15(17)14(16)10-11-7-8-12-5-3-4-6-13(12)9-11/h3-10H,2H2,1H3/b14-10-. The Labute approximate surface area is 111 Å². The van der Waals surface area contributed by atoms with Crippen LogP contribution in [0.25, 0.3) is 16.8 Å². The normalized spacial score (nSPS) is 11.6. The molecule has 0 heterocycles. The Morgan fingerprint density at radius 1 is 1.22 bits per heavy atom. The van der Waals surface area contributed by atoms with Gasteiger partial charge in [0.2, 0.25) is 0 Å². The highest BCUT2D eigenvalue weighted by Crippen LogP contribution is 2.18. The van der Waals surface area contributed by atoms with Crippen LogP contribution < -0.4 is 0 Å². The second kappa shape index (κ2) is 5.69. The molecule has 0 unspecified atom stereocenters. The molecule has 2 aromatic carbocycles. The van der Waals surface area contributed by atoms with E-state index in [2.05, 4.69) is 0 Å². The summed E-state index contributed by atoms with van der Waals surface area (Å²) in [6, 6.07) is 13.9. The second-order valence-corrected chi connectivity index (χ2v) is 4.23. The molecule has 0 bridgehead atoms. The smallest absolute Gasteiger partial charge is 0.349 e. The maximum atomic E-state index is 11.4. The summed E-state index contributed by atoms with van der Waals surface area (Å²) in [5.41, 5.74) is 0.881. The van der Waals surface area contributed by atoms with E-state index in [4.69, 9.17) is 16.3 Å². The lowest BCUT2D eigenvalue weighted by Gasteiger charge is -2.01. The molecule has 3 heteroatoms. The van der Waals surface area contributed by atoms with Crippen molar-refractivity contribution in [1.82, 2.24) is 0 Å². The second-order valence-electron chi connectivity index (χ2n) is 3.82. The molecule has 0 atom stereocenters. The van der Waals surface area contributed by atoms with Gasteiger partial charge in [0.05, 0.1) is 6.61 Å². The van der Waals surface area contributed by atoms with Crippen molar-refractivity contribution >= 4 is 34.4 Å². The van der Waals surface area contributed by atoms with Crippen molar-refractivity contribution < 1.29 is 9.53 Å². The molecule has 2 aromatic rings. The van der Waals surface area contributed by atoms with Crippen LogP contribution in [-0.2, 0) is 9.53 Å². The van der Waals surface area contributed by atoms with Crippen LogP contribution in [0.1, 0.15) is 12.5 Å². The van der Waals surface area contributed by atoms with Crippen LogP contribution >= 0.6 is 11.6 Å². The fourth-order valence-corrected chi connectivity index (χ4v) is 1.88. The van der Waals surface area contributed by atoms with Crippen molar-refractivity contribution in [2.45, 2.75) is 6.92 Å². The summed E-state index contributed by atoms with van der Waals surface area (Å²) in [7, 11) is 0. The maximum Gasteiger partial charge on any atom is 0.349 e. The van der Waals surface area contributed by atoms with Gasteiger partial charge in [-0.25, -0.2) is 4.79 Å². The number of hydrogen-bond donors (Lipinski definition) is 0. The SMILES string of the molecule is CCOC(=O)/C(Cl)=C/c1ccc2ccccc2c1. The van der Waals surface area contributed by atoms with E-state index in [0.29, 0.717) is 6.61 Å². The van der Waals surface area contributed by atoms with E-state index in [1.54, 1.807) is 13.0 Å². The van der Waals surface area contributed by atoms with E-state index in [9.17, 15) is 4.79 Å². The fraction of sp³-hybridized carbons (Fsp3) is 0.133. The van der Waals surface area contributed by atoms with Gasteiger partial charge in [-0.05, 0) is 35.4 Å². The number of fused-ring (bicyclic) bond motifs is 1. The molecule has 0 aliphatic rings. The van der Waals surface area contributed by atoms with Crippen molar-refractivity contribution in [2.75, 3.05) is 6.61 Å². The van der Waals surface area contributed by atoms with Gasteiger partial charge < -0.3 is 4.74 Å². The first kappa shape index (κ1) is 12.7. The molecule has 0 spiro atoms. The lowest BCUT2D eigenvalue weighted by Crippen LogP contribution is -2.03. The zero-order chi connectivity index (χ0) is 13.0. The molecule has 0 amide bonds. The average Bonchev–Trinajstić information content (AvgIpc) is 2.39. The van der Waals surface area contributed by atoms with Crippen LogP contribution in [0.5, 0.6) is 0 Å². The van der Waals surface area contributed by atoms with E-state index in [1.807, 2.05) is 42.5 Å². The predicted octanol–water partition coefficient (Wildman–Crippen LogP) is 3.98. The van der Waals surface area contributed by atoms with Crippen LogP contribution in [0.15, 0.2) is 47.5 Å². The minimum atomic E-state index is -0.493. The number of carbonyl (C=O) groups is 1. The first-order valence-corrected chi connectivity index (χ1v) is 6.11. The average molecular weight is 261 g/mol. The Kier molecular flexibility index (Phi) is 4.00. The molecular weight excluding hydrogens is 248 g/mol. The number of hydrogen-bond acceptors (Lipinski definition) is 2. The van der Waals surface area contributed by atoms with Crippen LogP contribution in [0.3, 0.4) is 0 Å². The summed E-state index contributed by atoms with van der Waals surface area (Å²) < 4.78 is 4.82. The molecular formula is C15H13ClO2. The third kappa shape index (κ3) is 2.90. The zero-order valence-corrected chi connectivity index (χ0v) is 10.8. The van der Waals surface area contributed by atoms with E-state index in [-0.39, 0.29) is 5.03 Å². The first-order valence-electron chi connectivity index (χ1n) is 5.74. The van der Waals surface area contributed by atoms with Gasteiger partial charge in [-0.15, -0.1) is 0 Å². The largest absolute Gasteiger partial charge is 0.462 e. The highest BCUT2D eigenvalue weighted by Gasteiger charge is 2.06. The molecule has 0 N–H and O–H groups in total. The van der Waals surface area contributed by atoms with Gasteiger partial charge in [-0.3, -0.25) is 0 Å². The lowest BCUT2D eigenvalue weighted by molar-refractivity contribution is -0.137. The van der Waals surface area contributed by atoms with Crippen molar-refractivity contribution in [3.8, 4) is 0 Å².